The van der Waals surface area contributed by atoms with Gasteiger partial charge in [0.15, 0.2) is 0 Å². The van der Waals surface area contributed by atoms with Crippen molar-refractivity contribution in [1.29, 1.82) is 0 Å². The topological polar surface area (TPSA) is 89.3 Å². The molecule has 1 aromatic heterocycles. The van der Waals surface area contributed by atoms with Crippen LogP contribution in [-0.2, 0) is 9.53 Å². The Kier molecular flexibility index (Phi) is 5.22. The predicted molar refractivity (Wildman–Crippen MR) is 66.6 cm³/mol. The summed E-state index contributed by atoms with van der Waals surface area (Å²) in [6, 6.07) is 3.07. The van der Waals surface area contributed by atoms with Crippen LogP contribution in [0.25, 0.3) is 0 Å². The van der Waals surface area contributed by atoms with Crippen LogP contribution in [0.2, 0.25) is 0 Å². The fourth-order valence-electron chi connectivity index (χ4n) is 1.24. The van der Waals surface area contributed by atoms with Crippen LogP contribution in [0, 0.1) is 0 Å². The van der Waals surface area contributed by atoms with Gasteiger partial charge >= 0.3 is 0 Å². The lowest BCUT2D eigenvalue weighted by Crippen LogP contribution is -2.39. The van der Waals surface area contributed by atoms with E-state index in [1.807, 2.05) is 0 Å². The summed E-state index contributed by atoms with van der Waals surface area (Å²) in [6.07, 6.45) is 1.62. The van der Waals surface area contributed by atoms with E-state index < -0.39 is 6.04 Å². The maximum Gasteiger partial charge on any atom is 0.242 e. The third kappa shape index (κ3) is 4.28. The van der Waals surface area contributed by atoms with Crippen molar-refractivity contribution in [2.24, 2.45) is 0 Å². The first-order valence-corrected chi connectivity index (χ1v) is 5.39. The van der Waals surface area contributed by atoms with E-state index in [4.69, 9.17) is 10.5 Å². The number of amides is 1. The average Bonchev–Trinajstić information content (AvgIpc) is 2.32. The van der Waals surface area contributed by atoms with E-state index in [1.54, 1.807) is 32.4 Å². The number of ether oxygens (including phenoxy) is 1. The van der Waals surface area contributed by atoms with E-state index in [2.05, 4.69) is 15.6 Å². The van der Waals surface area contributed by atoms with Crippen molar-refractivity contribution in [2.45, 2.75) is 13.0 Å². The standard InChI is InChI=1S/C11H18N4O2/c1-8(11(16)14-6-7-17-2)15-10-9(12)4-3-5-13-10/h3-5,8H,6-7,12H2,1-2H3,(H,13,15)(H,14,16). The molecule has 1 unspecified atom stereocenters. The second-order valence-corrected chi connectivity index (χ2v) is 3.59. The third-order valence-electron chi connectivity index (χ3n) is 2.19. The summed E-state index contributed by atoms with van der Waals surface area (Å²) in [7, 11) is 1.59. The summed E-state index contributed by atoms with van der Waals surface area (Å²) in [5.41, 5.74) is 6.23. The second kappa shape index (κ2) is 6.70. The summed E-state index contributed by atoms with van der Waals surface area (Å²) in [5, 5.41) is 5.68. The highest BCUT2D eigenvalue weighted by Gasteiger charge is 2.13. The Balaban J connectivity index is 2.46. The Morgan fingerprint density at radius 1 is 1.65 bits per heavy atom. The average molecular weight is 238 g/mol. The van der Waals surface area contributed by atoms with Gasteiger partial charge in [0.25, 0.3) is 0 Å². The molecule has 0 saturated carbocycles. The van der Waals surface area contributed by atoms with Crippen molar-refractivity contribution >= 4 is 17.4 Å². The van der Waals surface area contributed by atoms with Crippen molar-refractivity contribution < 1.29 is 9.53 Å². The fourth-order valence-corrected chi connectivity index (χ4v) is 1.24. The number of carbonyl (C=O) groups is 1. The molecule has 6 nitrogen and oxygen atoms in total. The van der Waals surface area contributed by atoms with Crippen LogP contribution in [0.4, 0.5) is 11.5 Å². The molecule has 0 aliphatic carbocycles. The highest BCUT2D eigenvalue weighted by Crippen LogP contribution is 2.13. The molecule has 0 bridgehead atoms. The van der Waals surface area contributed by atoms with Crippen molar-refractivity contribution in [2.75, 3.05) is 31.3 Å². The summed E-state index contributed by atoms with van der Waals surface area (Å²) < 4.78 is 4.84. The van der Waals surface area contributed by atoms with Crippen LogP contribution in [0.15, 0.2) is 18.3 Å². The highest BCUT2D eigenvalue weighted by atomic mass is 16.5. The maximum atomic E-state index is 11.6. The molecule has 0 aliphatic heterocycles. The van der Waals surface area contributed by atoms with E-state index in [1.165, 1.54) is 0 Å². The Bertz CT molecular complexity index is 370. The van der Waals surface area contributed by atoms with Crippen molar-refractivity contribution in [3.63, 3.8) is 0 Å². The molecule has 1 aromatic rings. The first-order valence-electron chi connectivity index (χ1n) is 5.39. The molecule has 1 atom stereocenters. The molecule has 0 aromatic carbocycles. The van der Waals surface area contributed by atoms with Crippen LogP contribution in [0.1, 0.15) is 6.92 Å². The fraction of sp³-hybridized carbons (Fsp3) is 0.455. The lowest BCUT2D eigenvalue weighted by atomic mass is 10.3. The molecule has 4 N–H and O–H groups in total. The number of aromatic nitrogens is 1. The third-order valence-corrected chi connectivity index (χ3v) is 2.19. The van der Waals surface area contributed by atoms with Gasteiger partial charge in [-0.05, 0) is 19.1 Å². The number of nitrogen functional groups attached to an aromatic ring is 1. The van der Waals surface area contributed by atoms with Gasteiger partial charge in [-0.3, -0.25) is 4.79 Å². The molecule has 94 valence electrons. The minimum atomic E-state index is -0.399. The van der Waals surface area contributed by atoms with Crippen molar-refractivity contribution in [3.05, 3.63) is 18.3 Å². The highest BCUT2D eigenvalue weighted by molar-refractivity contribution is 5.84. The Hall–Kier alpha value is -1.82. The first-order chi connectivity index (χ1) is 8.15. The number of pyridine rings is 1. The smallest absolute Gasteiger partial charge is 0.242 e. The maximum absolute atomic E-state index is 11.6. The molecule has 1 rings (SSSR count). The lowest BCUT2D eigenvalue weighted by Gasteiger charge is -2.15. The minimum Gasteiger partial charge on any atom is -0.396 e. The number of hydrogen-bond acceptors (Lipinski definition) is 5. The molecule has 0 saturated heterocycles. The molecular weight excluding hydrogens is 220 g/mol. The zero-order chi connectivity index (χ0) is 12.7. The number of hydrogen-bond donors (Lipinski definition) is 3. The van der Waals surface area contributed by atoms with Gasteiger partial charge < -0.3 is 21.1 Å². The van der Waals surface area contributed by atoms with Gasteiger partial charge in [0.2, 0.25) is 5.91 Å². The number of nitrogens with zero attached hydrogens (tertiary/aromatic N) is 1. The van der Waals surface area contributed by atoms with Crippen molar-refractivity contribution in [3.8, 4) is 0 Å². The van der Waals surface area contributed by atoms with Crippen LogP contribution < -0.4 is 16.4 Å². The Morgan fingerprint density at radius 2 is 2.41 bits per heavy atom. The van der Waals surface area contributed by atoms with Crippen molar-refractivity contribution in [1.82, 2.24) is 10.3 Å². The van der Waals surface area contributed by atoms with Gasteiger partial charge in [-0.25, -0.2) is 4.98 Å². The summed E-state index contributed by atoms with van der Waals surface area (Å²) >= 11 is 0. The molecule has 1 heterocycles. The summed E-state index contributed by atoms with van der Waals surface area (Å²) in [4.78, 5) is 15.7. The number of anilines is 2. The van der Waals surface area contributed by atoms with Gasteiger partial charge in [-0.1, -0.05) is 0 Å². The Morgan fingerprint density at radius 3 is 3.06 bits per heavy atom. The zero-order valence-electron chi connectivity index (χ0n) is 10.1. The van der Waals surface area contributed by atoms with Gasteiger partial charge in [0.05, 0.1) is 12.3 Å². The van der Waals surface area contributed by atoms with Crippen LogP contribution in [-0.4, -0.2) is 37.2 Å². The molecule has 0 spiro atoms. The normalized spacial score (nSPS) is 11.9. The molecule has 0 radical (unpaired) electrons. The zero-order valence-corrected chi connectivity index (χ0v) is 10.1. The molecule has 0 aliphatic rings. The van der Waals surface area contributed by atoms with Gasteiger partial charge in [0.1, 0.15) is 11.9 Å². The van der Waals surface area contributed by atoms with E-state index in [0.717, 1.165) is 0 Å². The second-order valence-electron chi connectivity index (χ2n) is 3.59. The van der Waals surface area contributed by atoms with Crippen LogP contribution in [0.5, 0.6) is 0 Å². The Labute approximate surface area is 101 Å². The predicted octanol–water partition coefficient (Wildman–Crippen LogP) is 0.227. The largest absolute Gasteiger partial charge is 0.396 e. The summed E-state index contributed by atoms with van der Waals surface area (Å²) in [5.74, 6) is 0.397. The number of rotatable bonds is 6. The molecule has 1 amide bonds. The van der Waals surface area contributed by atoms with Crippen LogP contribution in [0.3, 0.4) is 0 Å². The van der Waals surface area contributed by atoms with E-state index >= 15 is 0 Å². The first kappa shape index (κ1) is 13.2. The van der Waals surface area contributed by atoms with Gasteiger partial charge in [-0.2, -0.15) is 0 Å². The summed E-state index contributed by atoms with van der Waals surface area (Å²) in [6.45, 7) is 2.72. The number of nitrogens with one attached hydrogen (secondary N) is 2. The monoisotopic (exact) mass is 238 g/mol. The van der Waals surface area contributed by atoms with Crippen LogP contribution >= 0.6 is 0 Å². The van der Waals surface area contributed by atoms with Gasteiger partial charge in [0, 0.05) is 19.9 Å². The molecule has 0 fully saturated rings. The number of carbonyl (C=O) groups excluding carboxylic acids is 1. The minimum absolute atomic E-state index is 0.118. The quantitative estimate of drug-likeness (QED) is 0.617. The SMILES string of the molecule is COCCNC(=O)C(C)Nc1ncccc1N. The molecule has 6 heteroatoms. The van der Waals surface area contributed by atoms with E-state index in [0.29, 0.717) is 24.7 Å². The van der Waals surface area contributed by atoms with E-state index in [-0.39, 0.29) is 5.91 Å². The lowest BCUT2D eigenvalue weighted by molar-refractivity contribution is -0.121. The molecular formula is C11H18N4O2. The van der Waals surface area contributed by atoms with Gasteiger partial charge in [-0.15, -0.1) is 0 Å². The molecule has 17 heavy (non-hydrogen) atoms. The van der Waals surface area contributed by atoms with E-state index in [9.17, 15) is 4.79 Å². The number of methoxy groups -OCH3 is 1. The number of nitrogens with two attached hydrogens (primary N) is 1.